The highest BCUT2D eigenvalue weighted by Crippen LogP contribution is 2.38. The molecular weight excluding hydrogens is 495 g/mol. The summed E-state index contributed by atoms with van der Waals surface area (Å²) in [5.41, 5.74) is 4.07. The molecule has 0 bridgehead atoms. The number of thioether (sulfide) groups is 1. The van der Waals surface area contributed by atoms with Gasteiger partial charge in [-0.05, 0) is 61.6 Å². The first-order valence-corrected chi connectivity index (χ1v) is 13.2. The van der Waals surface area contributed by atoms with Crippen LogP contribution < -0.4 is 5.56 Å². The first kappa shape index (κ1) is 21.2. The van der Waals surface area contributed by atoms with Gasteiger partial charge < -0.3 is 0 Å². The largest absolute Gasteiger partial charge is 0.268 e. The smallest absolute Gasteiger partial charge is 0.268 e. The lowest BCUT2D eigenvalue weighted by atomic mass is 10.2. The maximum atomic E-state index is 13.8. The van der Waals surface area contributed by atoms with Gasteiger partial charge in [-0.25, -0.2) is 8.97 Å². The van der Waals surface area contributed by atoms with Crippen LogP contribution in [-0.4, -0.2) is 19.2 Å². The van der Waals surface area contributed by atoms with E-state index in [9.17, 15) is 4.79 Å². The molecule has 0 spiro atoms. The Hall–Kier alpha value is -2.32. The van der Waals surface area contributed by atoms with Gasteiger partial charge in [-0.15, -0.1) is 21.5 Å². The summed E-state index contributed by atoms with van der Waals surface area (Å²) in [5, 5.41) is 11.7. The second-order valence-electron chi connectivity index (χ2n) is 8.16. The van der Waals surface area contributed by atoms with Gasteiger partial charge in [-0.2, -0.15) is 0 Å². The number of rotatable bonds is 4. The van der Waals surface area contributed by atoms with E-state index < -0.39 is 0 Å². The summed E-state index contributed by atoms with van der Waals surface area (Å²) in [4.78, 5) is 16.0. The molecule has 0 aliphatic heterocycles. The van der Waals surface area contributed by atoms with Crippen molar-refractivity contribution in [3.05, 3.63) is 84.4 Å². The van der Waals surface area contributed by atoms with E-state index in [1.54, 1.807) is 33.7 Å². The summed E-state index contributed by atoms with van der Waals surface area (Å²) in [6.07, 6.45) is 3.05. The van der Waals surface area contributed by atoms with Gasteiger partial charge in [-0.3, -0.25) is 4.79 Å². The summed E-state index contributed by atoms with van der Waals surface area (Å²) >= 11 is 15.7. The quantitative estimate of drug-likeness (QED) is 0.258. The van der Waals surface area contributed by atoms with Crippen molar-refractivity contribution in [1.82, 2.24) is 19.2 Å². The van der Waals surface area contributed by atoms with Crippen molar-refractivity contribution in [3.8, 4) is 5.69 Å². The highest BCUT2D eigenvalue weighted by Gasteiger charge is 2.26. The van der Waals surface area contributed by atoms with Gasteiger partial charge in [0.15, 0.2) is 5.16 Å². The van der Waals surface area contributed by atoms with E-state index in [1.165, 1.54) is 10.4 Å². The molecule has 166 valence electrons. The van der Waals surface area contributed by atoms with E-state index in [0.717, 1.165) is 51.4 Å². The molecule has 0 unspecified atom stereocenters. The maximum absolute atomic E-state index is 13.8. The van der Waals surface area contributed by atoms with E-state index in [4.69, 9.17) is 23.2 Å². The molecule has 1 aliphatic carbocycles. The zero-order chi connectivity index (χ0) is 22.7. The van der Waals surface area contributed by atoms with Crippen LogP contribution in [0.15, 0.2) is 52.4 Å². The van der Waals surface area contributed by atoms with E-state index in [0.29, 0.717) is 21.6 Å². The van der Waals surface area contributed by atoms with Crippen LogP contribution in [0.5, 0.6) is 0 Å². The highest BCUT2D eigenvalue weighted by atomic mass is 35.5. The molecule has 3 heterocycles. The first-order valence-electron chi connectivity index (χ1n) is 10.6. The molecule has 5 nitrogen and oxygen atoms in total. The fraction of sp³-hybridized carbons (Fsp3) is 0.208. The summed E-state index contributed by atoms with van der Waals surface area (Å²) in [7, 11) is 0. The third-order valence-corrected chi connectivity index (χ3v) is 8.84. The Labute approximate surface area is 208 Å². The number of thiophene rings is 1. The topological polar surface area (TPSA) is 52.2 Å². The average Bonchev–Trinajstić information content (AvgIpc) is 3.49. The molecule has 3 aromatic heterocycles. The molecule has 0 saturated heterocycles. The minimum atomic E-state index is -0.0227. The summed E-state index contributed by atoms with van der Waals surface area (Å²) in [6, 6.07) is 13.5. The number of aromatic nitrogens is 4. The first-order chi connectivity index (χ1) is 16.0. The molecule has 0 amide bonds. The van der Waals surface area contributed by atoms with Crippen molar-refractivity contribution in [2.24, 2.45) is 0 Å². The van der Waals surface area contributed by atoms with Crippen LogP contribution in [0.3, 0.4) is 0 Å². The lowest BCUT2D eigenvalue weighted by Crippen LogP contribution is -2.21. The number of nitrogens with zero attached hydrogens (tertiary/aromatic N) is 4. The molecule has 33 heavy (non-hydrogen) atoms. The van der Waals surface area contributed by atoms with Crippen molar-refractivity contribution in [3.63, 3.8) is 0 Å². The standard InChI is InChI=1S/C24H18Cl2N4OS2/c1-13-5-9-16(10-6-13)29-21(31)20-17-3-2-4-19(17)33-22(20)30-23(29)27-28-24(30)32-12-14-7-8-15(25)11-18(14)26/h5-11H,2-4,12H2,1H3. The number of hydrogen-bond donors (Lipinski definition) is 0. The second-order valence-corrected chi connectivity index (χ2v) is 11.0. The van der Waals surface area contributed by atoms with Crippen molar-refractivity contribution in [2.75, 3.05) is 0 Å². The van der Waals surface area contributed by atoms with Crippen molar-refractivity contribution in [1.29, 1.82) is 0 Å². The zero-order valence-electron chi connectivity index (χ0n) is 17.6. The minimum absolute atomic E-state index is 0.0227. The number of aryl methyl sites for hydroxylation is 3. The van der Waals surface area contributed by atoms with Gasteiger partial charge in [-0.1, -0.05) is 58.7 Å². The van der Waals surface area contributed by atoms with Gasteiger partial charge in [0.2, 0.25) is 5.78 Å². The lowest BCUT2D eigenvalue weighted by Gasteiger charge is -2.10. The molecule has 0 radical (unpaired) electrons. The number of hydrogen-bond acceptors (Lipinski definition) is 5. The van der Waals surface area contributed by atoms with E-state index in [-0.39, 0.29) is 5.56 Å². The third-order valence-electron chi connectivity index (χ3n) is 6.00. The Bertz CT molecular complexity index is 1600. The van der Waals surface area contributed by atoms with Crippen LogP contribution in [0.1, 0.15) is 28.0 Å². The van der Waals surface area contributed by atoms with Gasteiger partial charge >= 0.3 is 0 Å². The maximum Gasteiger partial charge on any atom is 0.268 e. The number of benzene rings is 2. The minimum Gasteiger partial charge on any atom is -0.268 e. The molecule has 0 saturated carbocycles. The van der Waals surface area contributed by atoms with Gasteiger partial charge in [0, 0.05) is 20.7 Å². The van der Waals surface area contributed by atoms with Crippen LogP contribution in [0.25, 0.3) is 21.7 Å². The normalized spacial score (nSPS) is 13.3. The van der Waals surface area contributed by atoms with Crippen LogP contribution in [0.4, 0.5) is 0 Å². The van der Waals surface area contributed by atoms with Crippen LogP contribution in [0, 0.1) is 6.92 Å². The Balaban J connectivity index is 1.57. The van der Waals surface area contributed by atoms with Crippen molar-refractivity contribution < 1.29 is 0 Å². The van der Waals surface area contributed by atoms with Gasteiger partial charge in [0.1, 0.15) is 4.83 Å². The molecule has 0 atom stereocenters. The third kappa shape index (κ3) is 3.49. The Kier molecular flexibility index (Phi) is 5.25. The van der Waals surface area contributed by atoms with Crippen molar-refractivity contribution >= 4 is 62.3 Å². The Morgan fingerprint density at radius 3 is 2.70 bits per heavy atom. The van der Waals surface area contributed by atoms with E-state index in [2.05, 4.69) is 10.2 Å². The Morgan fingerprint density at radius 1 is 1.09 bits per heavy atom. The Morgan fingerprint density at radius 2 is 1.91 bits per heavy atom. The summed E-state index contributed by atoms with van der Waals surface area (Å²) in [5.74, 6) is 1.15. The summed E-state index contributed by atoms with van der Waals surface area (Å²) in [6.45, 7) is 2.03. The molecule has 5 aromatic rings. The molecule has 0 N–H and O–H groups in total. The van der Waals surface area contributed by atoms with Crippen LogP contribution >= 0.6 is 46.3 Å². The van der Waals surface area contributed by atoms with Gasteiger partial charge in [0.05, 0.1) is 11.1 Å². The monoisotopic (exact) mass is 512 g/mol. The molecule has 9 heteroatoms. The SMILES string of the molecule is Cc1ccc(-n2c(=O)c3c4c(sc3n3c(SCc5ccc(Cl)cc5Cl)nnc23)CCC4)cc1. The molecule has 0 fully saturated rings. The fourth-order valence-electron chi connectivity index (χ4n) is 4.36. The van der Waals surface area contributed by atoms with Crippen LogP contribution in [0.2, 0.25) is 10.0 Å². The lowest BCUT2D eigenvalue weighted by molar-refractivity contribution is 0.910. The predicted molar refractivity (Wildman–Crippen MR) is 137 cm³/mol. The average molecular weight is 513 g/mol. The molecular formula is C24H18Cl2N4OS2. The van der Waals surface area contributed by atoms with E-state index in [1.807, 2.05) is 47.7 Å². The molecule has 1 aliphatic rings. The summed E-state index contributed by atoms with van der Waals surface area (Å²) < 4.78 is 3.73. The zero-order valence-corrected chi connectivity index (χ0v) is 20.8. The fourth-order valence-corrected chi connectivity index (χ4v) is 7.28. The highest BCUT2D eigenvalue weighted by molar-refractivity contribution is 7.98. The molecule has 6 rings (SSSR count). The molecule has 2 aromatic carbocycles. The second kappa shape index (κ2) is 8.17. The number of fused-ring (bicyclic) bond motifs is 5. The van der Waals surface area contributed by atoms with Crippen molar-refractivity contribution in [2.45, 2.75) is 37.1 Å². The van der Waals surface area contributed by atoms with Crippen LogP contribution in [-0.2, 0) is 18.6 Å². The van der Waals surface area contributed by atoms with E-state index >= 15 is 0 Å². The van der Waals surface area contributed by atoms with Gasteiger partial charge in [0.25, 0.3) is 5.56 Å². The number of halogens is 2. The predicted octanol–water partition coefficient (Wildman–Crippen LogP) is 6.49.